The molecule has 5 nitrogen and oxygen atoms in total. The standard InChI is InChI=1S/C14H23N5S/c1-11-3-2-6-18(9-11)13(15)16-5-4-12-10-19-7-8-20-14(19)17-12/h10-11H,2-9H2,1H3,(H2,15,16). The van der Waals surface area contributed by atoms with Crippen molar-refractivity contribution in [2.45, 2.75) is 37.9 Å². The third-order valence-corrected chi connectivity index (χ3v) is 4.95. The van der Waals surface area contributed by atoms with Gasteiger partial charge < -0.3 is 15.2 Å². The molecule has 0 spiro atoms. The average molecular weight is 293 g/mol. The number of aryl methyl sites for hydroxylation is 1. The largest absolute Gasteiger partial charge is 0.370 e. The van der Waals surface area contributed by atoms with E-state index in [1.165, 1.54) is 12.8 Å². The smallest absolute Gasteiger partial charge is 0.191 e. The Hall–Kier alpha value is -1.17. The van der Waals surface area contributed by atoms with Gasteiger partial charge in [-0.15, -0.1) is 0 Å². The van der Waals surface area contributed by atoms with Gasteiger partial charge in [0.05, 0.1) is 5.69 Å². The molecule has 3 heterocycles. The third-order valence-electron chi connectivity index (χ3n) is 3.98. The number of hydrogen-bond acceptors (Lipinski definition) is 3. The molecular formula is C14H23N5S. The van der Waals surface area contributed by atoms with Crippen molar-refractivity contribution in [1.29, 1.82) is 0 Å². The molecule has 0 bridgehead atoms. The van der Waals surface area contributed by atoms with Crippen LogP contribution in [0, 0.1) is 5.92 Å². The van der Waals surface area contributed by atoms with Gasteiger partial charge in [-0.2, -0.15) is 0 Å². The predicted molar refractivity (Wildman–Crippen MR) is 83.1 cm³/mol. The molecule has 0 amide bonds. The van der Waals surface area contributed by atoms with Crippen LogP contribution in [0.15, 0.2) is 16.3 Å². The first kappa shape index (κ1) is 13.8. The summed E-state index contributed by atoms with van der Waals surface area (Å²) in [5.74, 6) is 2.59. The maximum atomic E-state index is 6.09. The Morgan fingerprint density at radius 1 is 1.55 bits per heavy atom. The second-order valence-corrected chi connectivity index (χ2v) is 6.80. The fourth-order valence-corrected chi connectivity index (χ4v) is 3.83. The number of piperidine rings is 1. The number of likely N-dealkylation sites (tertiary alicyclic amines) is 1. The molecule has 3 rings (SSSR count). The van der Waals surface area contributed by atoms with Crippen LogP contribution in [0.25, 0.3) is 0 Å². The molecule has 0 aromatic carbocycles. The first-order chi connectivity index (χ1) is 9.72. The molecule has 2 aliphatic heterocycles. The summed E-state index contributed by atoms with van der Waals surface area (Å²) >= 11 is 1.83. The summed E-state index contributed by atoms with van der Waals surface area (Å²) in [7, 11) is 0. The van der Waals surface area contributed by atoms with E-state index in [4.69, 9.17) is 5.73 Å². The van der Waals surface area contributed by atoms with Crippen molar-refractivity contribution in [1.82, 2.24) is 14.5 Å². The lowest BCUT2D eigenvalue weighted by molar-refractivity contribution is 0.270. The van der Waals surface area contributed by atoms with Crippen LogP contribution in [0.2, 0.25) is 0 Å². The van der Waals surface area contributed by atoms with Crippen molar-refractivity contribution in [3.63, 3.8) is 0 Å². The highest BCUT2D eigenvalue weighted by molar-refractivity contribution is 7.99. The minimum Gasteiger partial charge on any atom is -0.370 e. The van der Waals surface area contributed by atoms with E-state index in [-0.39, 0.29) is 0 Å². The topological polar surface area (TPSA) is 59.4 Å². The fraction of sp³-hybridized carbons (Fsp3) is 0.714. The summed E-state index contributed by atoms with van der Waals surface area (Å²) in [6.45, 7) is 6.20. The number of nitrogens with zero attached hydrogens (tertiary/aromatic N) is 4. The van der Waals surface area contributed by atoms with Gasteiger partial charge in [-0.05, 0) is 18.8 Å². The van der Waals surface area contributed by atoms with Crippen molar-refractivity contribution in [2.75, 3.05) is 25.4 Å². The quantitative estimate of drug-likeness (QED) is 0.679. The number of imidazole rings is 1. The number of thioether (sulfide) groups is 1. The summed E-state index contributed by atoms with van der Waals surface area (Å²) in [6, 6.07) is 0. The van der Waals surface area contributed by atoms with E-state index in [0.717, 1.165) is 55.1 Å². The number of aliphatic imine (C=N–C) groups is 1. The van der Waals surface area contributed by atoms with Crippen LogP contribution in [-0.4, -0.2) is 45.8 Å². The number of aromatic nitrogens is 2. The Bertz CT molecular complexity index is 474. The molecule has 1 fully saturated rings. The van der Waals surface area contributed by atoms with Gasteiger partial charge in [-0.25, -0.2) is 4.98 Å². The van der Waals surface area contributed by atoms with Gasteiger partial charge >= 0.3 is 0 Å². The molecule has 2 N–H and O–H groups in total. The second kappa shape index (κ2) is 6.08. The zero-order valence-corrected chi connectivity index (χ0v) is 12.9. The first-order valence-electron chi connectivity index (χ1n) is 7.46. The van der Waals surface area contributed by atoms with Crippen LogP contribution in [0.3, 0.4) is 0 Å². The molecule has 1 atom stereocenters. The zero-order valence-electron chi connectivity index (χ0n) is 12.1. The molecule has 0 aliphatic carbocycles. The molecule has 0 saturated carbocycles. The Labute approximate surface area is 124 Å². The van der Waals surface area contributed by atoms with Crippen molar-refractivity contribution < 1.29 is 0 Å². The summed E-state index contributed by atoms with van der Waals surface area (Å²) in [6.07, 6.45) is 5.57. The summed E-state index contributed by atoms with van der Waals surface area (Å²) in [5.41, 5.74) is 7.23. The van der Waals surface area contributed by atoms with E-state index in [1.807, 2.05) is 11.8 Å². The highest BCUT2D eigenvalue weighted by Crippen LogP contribution is 2.24. The number of hydrogen-bond donors (Lipinski definition) is 1. The van der Waals surface area contributed by atoms with Crippen LogP contribution < -0.4 is 5.73 Å². The average Bonchev–Trinajstić information content (AvgIpc) is 2.99. The van der Waals surface area contributed by atoms with E-state index in [0.29, 0.717) is 5.96 Å². The van der Waals surface area contributed by atoms with Gasteiger partial charge in [0.1, 0.15) is 0 Å². The first-order valence-corrected chi connectivity index (χ1v) is 8.44. The van der Waals surface area contributed by atoms with Gasteiger partial charge in [0.25, 0.3) is 0 Å². The summed E-state index contributed by atoms with van der Waals surface area (Å²) in [5, 5.41) is 1.15. The molecule has 1 saturated heterocycles. The van der Waals surface area contributed by atoms with E-state index < -0.39 is 0 Å². The predicted octanol–water partition coefficient (Wildman–Crippen LogP) is 1.58. The van der Waals surface area contributed by atoms with Crippen molar-refractivity contribution in [3.05, 3.63) is 11.9 Å². The lowest BCUT2D eigenvalue weighted by Gasteiger charge is -2.31. The third kappa shape index (κ3) is 3.11. The molecule has 110 valence electrons. The monoisotopic (exact) mass is 293 g/mol. The number of fused-ring (bicyclic) bond motifs is 1. The van der Waals surface area contributed by atoms with Crippen LogP contribution in [0.4, 0.5) is 0 Å². The van der Waals surface area contributed by atoms with E-state index in [1.54, 1.807) is 0 Å². The van der Waals surface area contributed by atoms with Crippen molar-refractivity contribution in [3.8, 4) is 0 Å². The van der Waals surface area contributed by atoms with E-state index >= 15 is 0 Å². The Balaban J connectivity index is 1.51. The lowest BCUT2D eigenvalue weighted by atomic mass is 10.0. The van der Waals surface area contributed by atoms with Gasteiger partial charge in [0.2, 0.25) is 0 Å². The Kier molecular flexibility index (Phi) is 4.19. The molecule has 2 aliphatic rings. The molecule has 0 radical (unpaired) electrons. The van der Waals surface area contributed by atoms with E-state index in [2.05, 4.69) is 32.6 Å². The molecule has 1 aromatic rings. The minimum atomic E-state index is 0.706. The normalized spacial score (nSPS) is 23.1. The molecule has 20 heavy (non-hydrogen) atoms. The molecular weight excluding hydrogens is 270 g/mol. The fourth-order valence-electron chi connectivity index (χ4n) is 2.86. The maximum absolute atomic E-state index is 6.09. The molecule has 1 aromatic heterocycles. The van der Waals surface area contributed by atoms with Gasteiger partial charge in [0.15, 0.2) is 11.1 Å². The molecule has 1 unspecified atom stereocenters. The number of rotatable bonds is 3. The number of nitrogens with two attached hydrogens (primary N) is 1. The van der Waals surface area contributed by atoms with Gasteiger partial charge in [0, 0.05) is 44.5 Å². The van der Waals surface area contributed by atoms with Gasteiger partial charge in [-0.1, -0.05) is 18.7 Å². The maximum Gasteiger partial charge on any atom is 0.191 e. The Morgan fingerprint density at radius 3 is 3.25 bits per heavy atom. The SMILES string of the molecule is CC1CCCN(C(N)=NCCc2cn3c(n2)SCC3)C1. The van der Waals surface area contributed by atoms with Crippen molar-refractivity contribution in [2.24, 2.45) is 16.6 Å². The van der Waals surface area contributed by atoms with Crippen LogP contribution in [-0.2, 0) is 13.0 Å². The molecule has 6 heteroatoms. The van der Waals surface area contributed by atoms with Gasteiger partial charge in [-0.3, -0.25) is 4.99 Å². The highest BCUT2D eigenvalue weighted by atomic mass is 32.2. The summed E-state index contributed by atoms with van der Waals surface area (Å²) in [4.78, 5) is 11.4. The van der Waals surface area contributed by atoms with Crippen LogP contribution in [0.5, 0.6) is 0 Å². The van der Waals surface area contributed by atoms with Crippen LogP contribution >= 0.6 is 11.8 Å². The second-order valence-electron chi connectivity index (χ2n) is 5.74. The number of guanidine groups is 1. The van der Waals surface area contributed by atoms with Crippen LogP contribution in [0.1, 0.15) is 25.5 Å². The highest BCUT2D eigenvalue weighted by Gasteiger charge is 2.17. The zero-order chi connectivity index (χ0) is 13.9. The summed E-state index contributed by atoms with van der Waals surface area (Å²) < 4.78 is 2.24. The Morgan fingerprint density at radius 2 is 2.45 bits per heavy atom. The minimum absolute atomic E-state index is 0.706. The van der Waals surface area contributed by atoms with Crippen molar-refractivity contribution >= 4 is 17.7 Å². The lowest BCUT2D eigenvalue weighted by Crippen LogP contribution is -2.43. The van der Waals surface area contributed by atoms with E-state index in [9.17, 15) is 0 Å².